The van der Waals surface area contributed by atoms with Crippen molar-refractivity contribution in [1.82, 2.24) is 4.90 Å². The summed E-state index contributed by atoms with van der Waals surface area (Å²) in [5, 5.41) is 0. The topological polar surface area (TPSA) is 38.8 Å². The highest BCUT2D eigenvalue weighted by molar-refractivity contribution is 5.70. The van der Waals surface area contributed by atoms with Gasteiger partial charge in [-0.15, -0.1) is 0 Å². The van der Waals surface area contributed by atoms with E-state index in [-0.39, 0.29) is 11.6 Å². The SMILES string of the molecule is O=C(OCc1ccccc1)N1CCC12CC1(CCOCC1)C2. The number of rotatable bonds is 2. The zero-order valence-corrected chi connectivity index (χ0v) is 12.9. The Labute approximate surface area is 131 Å². The summed E-state index contributed by atoms with van der Waals surface area (Å²) >= 11 is 0. The van der Waals surface area contributed by atoms with Gasteiger partial charge in [-0.3, -0.25) is 0 Å². The van der Waals surface area contributed by atoms with E-state index in [0.29, 0.717) is 12.0 Å². The summed E-state index contributed by atoms with van der Waals surface area (Å²) in [5.74, 6) is 0. The molecule has 22 heavy (non-hydrogen) atoms. The van der Waals surface area contributed by atoms with Gasteiger partial charge < -0.3 is 14.4 Å². The molecule has 2 heterocycles. The molecule has 3 fully saturated rings. The minimum Gasteiger partial charge on any atom is -0.445 e. The van der Waals surface area contributed by atoms with Crippen molar-refractivity contribution in [3.8, 4) is 0 Å². The molecule has 0 atom stereocenters. The van der Waals surface area contributed by atoms with Crippen molar-refractivity contribution in [3.63, 3.8) is 0 Å². The van der Waals surface area contributed by atoms with Crippen LogP contribution in [0.15, 0.2) is 30.3 Å². The number of amides is 1. The van der Waals surface area contributed by atoms with Crippen molar-refractivity contribution < 1.29 is 14.3 Å². The zero-order chi connectivity index (χ0) is 15.0. The van der Waals surface area contributed by atoms with Gasteiger partial charge in [-0.1, -0.05) is 30.3 Å². The van der Waals surface area contributed by atoms with Gasteiger partial charge in [0.25, 0.3) is 0 Å². The monoisotopic (exact) mass is 301 g/mol. The van der Waals surface area contributed by atoms with Crippen LogP contribution in [-0.2, 0) is 16.1 Å². The number of hydrogen-bond donors (Lipinski definition) is 0. The minimum atomic E-state index is -0.142. The van der Waals surface area contributed by atoms with Gasteiger partial charge in [0.15, 0.2) is 0 Å². The lowest BCUT2D eigenvalue weighted by Gasteiger charge is -2.66. The number of benzene rings is 1. The normalized spacial score (nSPS) is 24.6. The van der Waals surface area contributed by atoms with E-state index in [1.165, 1.54) is 0 Å². The molecule has 1 amide bonds. The van der Waals surface area contributed by atoms with Crippen molar-refractivity contribution in [2.45, 2.75) is 44.2 Å². The summed E-state index contributed by atoms with van der Waals surface area (Å²) in [6.45, 7) is 2.98. The van der Waals surface area contributed by atoms with E-state index >= 15 is 0 Å². The maximum absolute atomic E-state index is 12.4. The molecule has 4 heteroatoms. The van der Waals surface area contributed by atoms with E-state index in [2.05, 4.69) is 0 Å². The molecule has 4 nitrogen and oxygen atoms in total. The molecule has 0 N–H and O–H groups in total. The predicted molar refractivity (Wildman–Crippen MR) is 82.4 cm³/mol. The molecule has 1 aromatic carbocycles. The van der Waals surface area contributed by atoms with Crippen LogP contribution in [0.3, 0.4) is 0 Å². The molecule has 118 valence electrons. The summed E-state index contributed by atoms with van der Waals surface area (Å²) in [4.78, 5) is 14.3. The molecule has 0 bridgehead atoms. The summed E-state index contributed by atoms with van der Waals surface area (Å²) in [6, 6.07) is 9.88. The Kier molecular flexibility index (Phi) is 3.37. The second-order valence-corrected chi connectivity index (χ2v) is 7.13. The van der Waals surface area contributed by atoms with Crippen molar-refractivity contribution in [1.29, 1.82) is 0 Å². The fourth-order valence-electron chi connectivity index (χ4n) is 4.49. The third kappa shape index (κ3) is 2.30. The quantitative estimate of drug-likeness (QED) is 0.841. The number of hydrogen-bond acceptors (Lipinski definition) is 3. The first-order valence-corrected chi connectivity index (χ1v) is 8.28. The summed E-state index contributed by atoms with van der Waals surface area (Å²) < 4.78 is 11.0. The van der Waals surface area contributed by atoms with Gasteiger partial charge in [0, 0.05) is 25.3 Å². The molecule has 2 saturated heterocycles. The van der Waals surface area contributed by atoms with Crippen LogP contribution >= 0.6 is 0 Å². The number of carbonyl (C=O) groups is 1. The molecule has 1 aromatic rings. The maximum Gasteiger partial charge on any atom is 0.410 e. The van der Waals surface area contributed by atoms with E-state index < -0.39 is 0 Å². The van der Waals surface area contributed by atoms with Crippen LogP contribution in [0.25, 0.3) is 0 Å². The maximum atomic E-state index is 12.4. The lowest BCUT2D eigenvalue weighted by molar-refractivity contribution is -0.165. The fraction of sp³-hybridized carbons (Fsp3) is 0.611. The molecular formula is C18H23NO3. The zero-order valence-electron chi connectivity index (χ0n) is 12.9. The average molecular weight is 301 g/mol. The smallest absolute Gasteiger partial charge is 0.410 e. The fourth-order valence-corrected chi connectivity index (χ4v) is 4.49. The van der Waals surface area contributed by atoms with E-state index in [4.69, 9.17) is 9.47 Å². The van der Waals surface area contributed by atoms with Gasteiger partial charge in [0.2, 0.25) is 0 Å². The first-order chi connectivity index (χ1) is 10.7. The van der Waals surface area contributed by atoms with Crippen molar-refractivity contribution >= 4 is 6.09 Å². The number of ether oxygens (including phenoxy) is 2. The first kappa shape index (κ1) is 14.1. The van der Waals surface area contributed by atoms with Crippen molar-refractivity contribution in [2.75, 3.05) is 19.8 Å². The summed E-state index contributed by atoms with van der Waals surface area (Å²) in [6.07, 6.45) is 5.59. The van der Waals surface area contributed by atoms with Gasteiger partial charge in [0.1, 0.15) is 6.61 Å². The van der Waals surface area contributed by atoms with Crippen molar-refractivity contribution in [2.24, 2.45) is 5.41 Å². The van der Waals surface area contributed by atoms with Crippen LogP contribution in [-0.4, -0.2) is 36.3 Å². The van der Waals surface area contributed by atoms with Gasteiger partial charge >= 0.3 is 6.09 Å². The van der Waals surface area contributed by atoms with E-state index in [9.17, 15) is 4.79 Å². The Morgan fingerprint density at radius 3 is 2.50 bits per heavy atom. The Morgan fingerprint density at radius 1 is 1.14 bits per heavy atom. The molecule has 1 saturated carbocycles. The number of nitrogens with zero attached hydrogens (tertiary/aromatic N) is 1. The molecule has 1 aliphatic carbocycles. The van der Waals surface area contributed by atoms with E-state index in [1.807, 2.05) is 35.2 Å². The van der Waals surface area contributed by atoms with Gasteiger partial charge in [0.05, 0.1) is 0 Å². The van der Waals surface area contributed by atoms with Crippen LogP contribution in [0.4, 0.5) is 4.79 Å². The Hall–Kier alpha value is -1.55. The second-order valence-electron chi connectivity index (χ2n) is 7.13. The Balaban J connectivity index is 1.33. The van der Waals surface area contributed by atoms with Crippen LogP contribution in [0, 0.1) is 5.41 Å². The van der Waals surface area contributed by atoms with E-state index in [1.54, 1.807) is 0 Å². The largest absolute Gasteiger partial charge is 0.445 e. The lowest BCUT2D eigenvalue weighted by Crippen LogP contribution is -2.71. The second kappa shape index (κ2) is 5.27. The Morgan fingerprint density at radius 2 is 1.86 bits per heavy atom. The average Bonchev–Trinajstić information content (AvgIpc) is 2.51. The third-order valence-electron chi connectivity index (χ3n) is 5.76. The van der Waals surface area contributed by atoms with Gasteiger partial charge in [-0.05, 0) is 43.1 Å². The van der Waals surface area contributed by atoms with Crippen LogP contribution in [0.1, 0.15) is 37.7 Å². The molecule has 0 unspecified atom stereocenters. The van der Waals surface area contributed by atoms with Gasteiger partial charge in [-0.2, -0.15) is 0 Å². The Bertz CT molecular complexity index is 543. The predicted octanol–water partition coefficient (Wildman–Crippen LogP) is 3.36. The standard InChI is InChI=1S/C18H23NO3/c20-16(22-12-15-4-2-1-3-5-15)19-9-6-18(19)13-17(14-18)7-10-21-11-8-17/h1-5H,6-14H2. The molecule has 3 aliphatic rings. The highest BCUT2D eigenvalue weighted by Crippen LogP contribution is 2.61. The molecule has 4 rings (SSSR count). The number of carbonyl (C=O) groups excluding carboxylic acids is 1. The van der Waals surface area contributed by atoms with Crippen LogP contribution in [0.5, 0.6) is 0 Å². The summed E-state index contributed by atoms with van der Waals surface area (Å²) in [5.41, 5.74) is 1.58. The van der Waals surface area contributed by atoms with Gasteiger partial charge in [-0.25, -0.2) is 4.79 Å². The molecular weight excluding hydrogens is 278 g/mol. The lowest BCUT2D eigenvalue weighted by atomic mass is 9.50. The highest BCUT2D eigenvalue weighted by atomic mass is 16.6. The third-order valence-corrected chi connectivity index (χ3v) is 5.76. The van der Waals surface area contributed by atoms with Crippen LogP contribution in [0.2, 0.25) is 0 Å². The molecule has 0 radical (unpaired) electrons. The molecule has 2 spiro atoms. The molecule has 0 aromatic heterocycles. The minimum absolute atomic E-state index is 0.102. The number of likely N-dealkylation sites (tertiary alicyclic amines) is 1. The van der Waals surface area contributed by atoms with E-state index in [0.717, 1.165) is 57.4 Å². The summed E-state index contributed by atoms with van der Waals surface area (Å²) in [7, 11) is 0. The first-order valence-electron chi connectivity index (χ1n) is 8.28. The van der Waals surface area contributed by atoms with Crippen LogP contribution < -0.4 is 0 Å². The van der Waals surface area contributed by atoms with Crippen molar-refractivity contribution in [3.05, 3.63) is 35.9 Å². The molecule has 2 aliphatic heterocycles. The highest BCUT2D eigenvalue weighted by Gasteiger charge is 2.62.